The fourth-order valence-electron chi connectivity index (χ4n) is 6.64. The van der Waals surface area contributed by atoms with E-state index < -0.39 is 0 Å². The second-order valence-electron chi connectivity index (χ2n) is 7.68. The summed E-state index contributed by atoms with van der Waals surface area (Å²) in [5.74, 6) is 5.78. The summed E-state index contributed by atoms with van der Waals surface area (Å²) in [5.41, 5.74) is -0.115. The molecule has 1 heterocycles. The van der Waals surface area contributed by atoms with E-state index in [1.165, 1.54) is 6.42 Å². The zero-order valence-corrected chi connectivity index (χ0v) is 12.6. The van der Waals surface area contributed by atoms with E-state index >= 15 is 0 Å². The molecule has 2 nitrogen and oxygen atoms in total. The third-order valence-electron chi connectivity index (χ3n) is 7.75. The largest absolute Gasteiger partial charge is 0.459 e. The van der Waals surface area contributed by atoms with Gasteiger partial charge in [-0.3, -0.25) is 4.79 Å². The average Bonchev–Trinajstić information content (AvgIpc) is 2.91. The van der Waals surface area contributed by atoms with Gasteiger partial charge in [-0.05, 0) is 54.8 Å². The number of cyclic esters (lactones) is 1. The lowest BCUT2D eigenvalue weighted by atomic mass is 9.46. The van der Waals surface area contributed by atoms with E-state index in [9.17, 15) is 4.79 Å². The molecule has 2 heteroatoms. The summed E-state index contributed by atoms with van der Waals surface area (Å²) in [4.78, 5) is 12.4. The van der Waals surface area contributed by atoms with E-state index in [2.05, 4.69) is 27.7 Å². The Morgan fingerprint density at radius 2 is 1.68 bits per heavy atom. The van der Waals surface area contributed by atoms with E-state index in [4.69, 9.17) is 4.74 Å². The van der Waals surface area contributed by atoms with Gasteiger partial charge in [0.1, 0.15) is 5.60 Å². The van der Waals surface area contributed by atoms with Crippen molar-refractivity contribution in [2.75, 3.05) is 0 Å². The van der Waals surface area contributed by atoms with Crippen molar-refractivity contribution in [3.63, 3.8) is 0 Å². The smallest absolute Gasteiger partial charge is 0.310 e. The predicted octanol–water partition coefficient (Wildman–Crippen LogP) is 3.50. The van der Waals surface area contributed by atoms with Gasteiger partial charge in [0.05, 0.1) is 5.92 Å². The fraction of sp³-hybridized carbons (Fsp3) is 0.941. The van der Waals surface area contributed by atoms with Crippen molar-refractivity contribution in [1.82, 2.24) is 0 Å². The minimum absolute atomic E-state index is 0.115. The molecule has 0 aromatic heterocycles. The molecular weight excluding hydrogens is 236 g/mol. The van der Waals surface area contributed by atoms with Gasteiger partial charge >= 0.3 is 5.97 Å². The Morgan fingerprint density at radius 1 is 1.11 bits per heavy atom. The summed E-state index contributed by atoms with van der Waals surface area (Å²) < 4.78 is 5.93. The van der Waals surface area contributed by atoms with Gasteiger partial charge in [0, 0.05) is 5.92 Å². The van der Waals surface area contributed by atoms with Gasteiger partial charge in [-0.25, -0.2) is 0 Å². The molecule has 3 aliphatic carbocycles. The Kier molecular flexibility index (Phi) is 2.29. The van der Waals surface area contributed by atoms with Gasteiger partial charge in [-0.1, -0.05) is 27.7 Å². The molecule has 3 saturated carbocycles. The monoisotopic (exact) mass is 262 g/mol. The highest BCUT2D eigenvalue weighted by Gasteiger charge is 2.75. The standard InChI is InChI=1S/C17H26O2/c1-5-17(6-2)15-13-11-7-10(8(3)9(11)4)12(13)14(15)16(18)19-17/h8-15H,5-7H2,1-4H3. The SMILES string of the molecule is CCC1(CC)OC(=O)C2C3C4CC(C(C)C4C)C3C21. The van der Waals surface area contributed by atoms with Crippen LogP contribution in [0, 0.1) is 47.3 Å². The number of ether oxygens (including phenoxy) is 1. The normalized spacial score (nSPS) is 56.5. The van der Waals surface area contributed by atoms with E-state index in [1.54, 1.807) is 0 Å². The van der Waals surface area contributed by atoms with Crippen LogP contribution < -0.4 is 0 Å². The summed E-state index contributed by atoms with van der Waals surface area (Å²) in [6.45, 7) is 9.25. The molecular formula is C17H26O2. The van der Waals surface area contributed by atoms with Crippen LogP contribution in [0.15, 0.2) is 0 Å². The minimum Gasteiger partial charge on any atom is -0.459 e. The number of esters is 1. The first kappa shape index (κ1) is 12.2. The minimum atomic E-state index is -0.115. The average molecular weight is 262 g/mol. The lowest BCUT2D eigenvalue weighted by Gasteiger charge is -2.56. The Hall–Kier alpha value is -0.530. The van der Waals surface area contributed by atoms with Crippen LogP contribution in [0.25, 0.3) is 0 Å². The number of rotatable bonds is 2. The van der Waals surface area contributed by atoms with Gasteiger partial charge in [-0.15, -0.1) is 0 Å². The van der Waals surface area contributed by atoms with Gasteiger partial charge in [0.25, 0.3) is 0 Å². The maximum atomic E-state index is 12.4. The van der Waals surface area contributed by atoms with Crippen LogP contribution in [0.1, 0.15) is 47.0 Å². The van der Waals surface area contributed by atoms with Crippen molar-refractivity contribution in [1.29, 1.82) is 0 Å². The molecule has 0 aromatic rings. The number of hydrogen-bond donors (Lipinski definition) is 0. The van der Waals surface area contributed by atoms with Crippen molar-refractivity contribution < 1.29 is 9.53 Å². The first-order valence-electron chi connectivity index (χ1n) is 8.28. The third-order valence-corrected chi connectivity index (χ3v) is 7.75. The third kappa shape index (κ3) is 1.14. The Bertz CT molecular complexity index is 425. The van der Waals surface area contributed by atoms with E-state index in [-0.39, 0.29) is 17.5 Å². The highest BCUT2D eigenvalue weighted by atomic mass is 16.6. The van der Waals surface area contributed by atoms with Crippen LogP contribution in [0.5, 0.6) is 0 Å². The maximum Gasteiger partial charge on any atom is 0.310 e. The summed E-state index contributed by atoms with van der Waals surface area (Å²) in [7, 11) is 0. The molecule has 19 heavy (non-hydrogen) atoms. The molecule has 106 valence electrons. The molecule has 1 aliphatic heterocycles. The Morgan fingerprint density at radius 3 is 2.26 bits per heavy atom. The maximum absolute atomic E-state index is 12.4. The van der Waals surface area contributed by atoms with Crippen LogP contribution in [0.4, 0.5) is 0 Å². The molecule has 0 amide bonds. The fourth-order valence-corrected chi connectivity index (χ4v) is 6.64. The number of hydrogen-bond acceptors (Lipinski definition) is 2. The Labute approximate surface area is 116 Å². The summed E-state index contributed by atoms with van der Waals surface area (Å²) in [6, 6.07) is 0. The number of carbonyl (C=O) groups excluding carboxylic acids is 1. The predicted molar refractivity (Wildman–Crippen MR) is 73.3 cm³/mol. The molecule has 0 spiro atoms. The molecule has 2 bridgehead atoms. The summed E-state index contributed by atoms with van der Waals surface area (Å²) >= 11 is 0. The van der Waals surface area contributed by atoms with Crippen molar-refractivity contribution >= 4 is 5.97 Å². The van der Waals surface area contributed by atoms with E-state index in [1.807, 2.05) is 0 Å². The second kappa shape index (κ2) is 3.56. The highest BCUT2D eigenvalue weighted by molar-refractivity contribution is 5.78. The number of fused-ring (bicyclic) bond motifs is 8. The quantitative estimate of drug-likeness (QED) is 0.712. The zero-order chi connectivity index (χ0) is 13.5. The molecule has 0 N–H and O–H groups in total. The van der Waals surface area contributed by atoms with Crippen LogP contribution in [-0.2, 0) is 9.53 Å². The van der Waals surface area contributed by atoms with Gasteiger partial charge in [0.2, 0.25) is 0 Å². The topological polar surface area (TPSA) is 26.3 Å². The highest BCUT2D eigenvalue weighted by Crippen LogP contribution is 2.74. The van der Waals surface area contributed by atoms with Crippen molar-refractivity contribution in [2.45, 2.75) is 52.6 Å². The molecule has 8 unspecified atom stereocenters. The Balaban J connectivity index is 1.72. The summed E-state index contributed by atoms with van der Waals surface area (Å²) in [5, 5.41) is 0. The van der Waals surface area contributed by atoms with Crippen LogP contribution in [0.2, 0.25) is 0 Å². The lowest BCUT2D eigenvalue weighted by molar-refractivity contribution is -0.152. The van der Waals surface area contributed by atoms with Gasteiger partial charge in [-0.2, -0.15) is 0 Å². The van der Waals surface area contributed by atoms with Crippen molar-refractivity contribution in [3.05, 3.63) is 0 Å². The lowest BCUT2D eigenvalue weighted by Crippen LogP contribution is -2.58. The molecule has 4 rings (SSSR count). The van der Waals surface area contributed by atoms with Crippen molar-refractivity contribution in [3.8, 4) is 0 Å². The second-order valence-corrected chi connectivity index (χ2v) is 7.68. The van der Waals surface area contributed by atoms with Crippen LogP contribution in [-0.4, -0.2) is 11.6 Å². The zero-order valence-electron chi connectivity index (χ0n) is 12.6. The first-order valence-corrected chi connectivity index (χ1v) is 8.28. The molecule has 0 aromatic carbocycles. The first-order chi connectivity index (χ1) is 9.05. The van der Waals surface area contributed by atoms with E-state index in [0.717, 1.165) is 42.4 Å². The van der Waals surface area contributed by atoms with E-state index in [0.29, 0.717) is 11.8 Å². The summed E-state index contributed by atoms with van der Waals surface area (Å²) in [6.07, 6.45) is 3.39. The van der Waals surface area contributed by atoms with Gasteiger partial charge in [0.15, 0.2) is 0 Å². The molecule has 8 atom stereocenters. The molecule has 0 radical (unpaired) electrons. The van der Waals surface area contributed by atoms with Gasteiger partial charge < -0.3 is 4.74 Å². The van der Waals surface area contributed by atoms with Crippen LogP contribution >= 0.6 is 0 Å². The van der Waals surface area contributed by atoms with Crippen LogP contribution in [0.3, 0.4) is 0 Å². The molecule has 4 aliphatic rings. The molecule has 1 saturated heterocycles. The number of carbonyl (C=O) groups is 1. The molecule has 4 fully saturated rings. The van der Waals surface area contributed by atoms with Crippen molar-refractivity contribution in [2.24, 2.45) is 47.3 Å².